The number of anilines is 1. The lowest BCUT2D eigenvalue weighted by atomic mass is 9.96. The quantitative estimate of drug-likeness (QED) is 0.818. The molecule has 0 saturated heterocycles. The van der Waals surface area contributed by atoms with E-state index in [2.05, 4.69) is 27.3 Å². The lowest BCUT2D eigenvalue weighted by molar-refractivity contribution is 0.510. The number of nitriles is 1. The number of halogens is 2. The summed E-state index contributed by atoms with van der Waals surface area (Å²) in [7, 11) is 0. The molecule has 0 radical (unpaired) electrons. The van der Waals surface area contributed by atoms with E-state index in [0.717, 1.165) is 36.6 Å². The predicted octanol–water partition coefficient (Wildman–Crippen LogP) is 4.47. The Morgan fingerprint density at radius 1 is 1.28 bits per heavy atom. The van der Waals surface area contributed by atoms with Crippen molar-refractivity contribution in [2.45, 2.75) is 38.1 Å². The van der Waals surface area contributed by atoms with Crippen molar-refractivity contribution in [3.05, 3.63) is 28.5 Å². The molecule has 0 heterocycles. The van der Waals surface area contributed by atoms with Crippen LogP contribution in [0.1, 0.15) is 32.1 Å². The maximum Gasteiger partial charge on any atom is 0.146 e. The van der Waals surface area contributed by atoms with Gasteiger partial charge < -0.3 is 5.32 Å². The molecule has 1 aliphatic carbocycles. The van der Waals surface area contributed by atoms with Crippen molar-refractivity contribution in [2.24, 2.45) is 5.92 Å². The molecule has 1 aromatic carbocycles. The average Bonchev–Trinajstić information content (AvgIpc) is 2.59. The Hall–Kier alpha value is -1.08. The first-order valence-electron chi connectivity index (χ1n) is 6.32. The molecule has 2 atom stereocenters. The number of nitrogens with zero attached hydrogens (tertiary/aromatic N) is 1. The second-order valence-corrected chi connectivity index (χ2v) is 5.66. The van der Waals surface area contributed by atoms with Gasteiger partial charge >= 0.3 is 0 Å². The lowest BCUT2D eigenvalue weighted by Gasteiger charge is -2.22. The maximum absolute atomic E-state index is 13.7. The molecule has 1 aromatic rings. The first kappa shape index (κ1) is 13.4. The first-order valence-corrected chi connectivity index (χ1v) is 7.11. The molecule has 2 rings (SSSR count). The van der Waals surface area contributed by atoms with Crippen LogP contribution in [0.4, 0.5) is 10.1 Å². The summed E-state index contributed by atoms with van der Waals surface area (Å²) in [6.45, 7) is 0. The molecule has 0 aromatic heterocycles. The minimum Gasteiger partial charge on any atom is -0.379 e. The van der Waals surface area contributed by atoms with E-state index in [4.69, 9.17) is 0 Å². The third-order valence-electron chi connectivity index (χ3n) is 3.45. The SMILES string of the molecule is N#CC1CCCCCC1Nc1cc(Br)ccc1F. The number of rotatable bonds is 2. The minimum atomic E-state index is -0.265. The van der Waals surface area contributed by atoms with Gasteiger partial charge in [0.2, 0.25) is 0 Å². The molecule has 1 N–H and O–H groups in total. The van der Waals surface area contributed by atoms with E-state index >= 15 is 0 Å². The van der Waals surface area contributed by atoms with Gasteiger partial charge in [-0.05, 0) is 31.0 Å². The molecule has 1 fully saturated rings. The van der Waals surface area contributed by atoms with Crippen LogP contribution in [0.5, 0.6) is 0 Å². The fourth-order valence-electron chi connectivity index (χ4n) is 2.44. The van der Waals surface area contributed by atoms with Gasteiger partial charge in [0.25, 0.3) is 0 Å². The van der Waals surface area contributed by atoms with Crippen LogP contribution >= 0.6 is 15.9 Å². The normalized spacial score (nSPS) is 24.1. The summed E-state index contributed by atoms with van der Waals surface area (Å²) in [6, 6.07) is 7.25. The molecule has 4 heteroatoms. The number of hydrogen-bond acceptors (Lipinski definition) is 2. The standard InChI is InChI=1S/C14H16BrFN2/c15-11-6-7-12(16)14(8-11)18-13-5-3-1-2-4-10(13)9-17/h6-8,10,13,18H,1-5H2. The van der Waals surface area contributed by atoms with Crippen LogP contribution < -0.4 is 5.32 Å². The summed E-state index contributed by atoms with van der Waals surface area (Å²) in [6.07, 6.45) is 5.20. The lowest BCUT2D eigenvalue weighted by Crippen LogP contribution is -2.27. The van der Waals surface area contributed by atoms with Crippen molar-refractivity contribution in [3.63, 3.8) is 0 Å². The molecule has 2 unspecified atom stereocenters. The van der Waals surface area contributed by atoms with Gasteiger partial charge in [0.15, 0.2) is 0 Å². The van der Waals surface area contributed by atoms with Crippen LogP contribution in [0.15, 0.2) is 22.7 Å². The van der Waals surface area contributed by atoms with Crippen molar-refractivity contribution < 1.29 is 4.39 Å². The summed E-state index contributed by atoms with van der Waals surface area (Å²) in [5.41, 5.74) is 0.483. The van der Waals surface area contributed by atoms with Crippen LogP contribution in [0.2, 0.25) is 0 Å². The highest BCUT2D eigenvalue weighted by Gasteiger charge is 2.24. The molecule has 0 bridgehead atoms. The van der Waals surface area contributed by atoms with Gasteiger partial charge in [0.05, 0.1) is 17.7 Å². The van der Waals surface area contributed by atoms with E-state index < -0.39 is 0 Å². The van der Waals surface area contributed by atoms with Crippen molar-refractivity contribution >= 4 is 21.6 Å². The van der Waals surface area contributed by atoms with Gasteiger partial charge in [-0.15, -0.1) is 0 Å². The monoisotopic (exact) mass is 310 g/mol. The summed E-state index contributed by atoms with van der Waals surface area (Å²) >= 11 is 3.34. The third-order valence-corrected chi connectivity index (χ3v) is 3.94. The van der Waals surface area contributed by atoms with Crippen molar-refractivity contribution in [2.75, 3.05) is 5.32 Å². The highest BCUT2D eigenvalue weighted by molar-refractivity contribution is 9.10. The average molecular weight is 311 g/mol. The molecular weight excluding hydrogens is 295 g/mol. The zero-order valence-electron chi connectivity index (χ0n) is 10.1. The highest BCUT2D eigenvalue weighted by Crippen LogP contribution is 2.28. The van der Waals surface area contributed by atoms with Gasteiger partial charge in [-0.1, -0.05) is 35.2 Å². The first-order chi connectivity index (χ1) is 8.70. The number of hydrogen-bond donors (Lipinski definition) is 1. The van der Waals surface area contributed by atoms with Gasteiger partial charge in [-0.2, -0.15) is 5.26 Å². The van der Waals surface area contributed by atoms with E-state index in [1.807, 2.05) is 0 Å². The van der Waals surface area contributed by atoms with E-state index in [1.165, 1.54) is 6.07 Å². The Morgan fingerprint density at radius 2 is 2.06 bits per heavy atom. The predicted molar refractivity (Wildman–Crippen MR) is 73.7 cm³/mol. The Morgan fingerprint density at radius 3 is 2.83 bits per heavy atom. The number of benzene rings is 1. The maximum atomic E-state index is 13.7. The zero-order valence-corrected chi connectivity index (χ0v) is 11.7. The molecule has 0 aliphatic heterocycles. The van der Waals surface area contributed by atoms with Crippen molar-refractivity contribution in [3.8, 4) is 6.07 Å². The fraction of sp³-hybridized carbons (Fsp3) is 0.500. The summed E-state index contributed by atoms with van der Waals surface area (Å²) in [4.78, 5) is 0. The zero-order chi connectivity index (χ0) is 13.0. The largest absolute Gasteiger partial charge is 0.379 e. The molecule has 0 amide bonds. The van der Waals surface area contributed by atoms with E-state index in [-0.39, 0.29) is 17.8 Å². The van der Waals surface area contributed by atoms with Crippen molar-refractivity contribution in [1.82, 2.24) is 0 Å². The highest BCUT2D eigenvalue weighted by atomic mass is 79.9. The number of nitrogens with one attached hydrogen (secondary N) is 1. The molecule has 2 nitrogen and oxygen atoms in total. The molecular formula is C14H16BrFN2. The smallest absolute Gasteiger partial charge is 0.146 e. The third kappa shape index (κ3) is 3.23. The van der Waals surface area contributed by atoms with E-state index in [0.29, 0.717) is 5.69 Å². The summed E-state index contributed by atoms with van der Waals surface area (Å²) < 4.78 is 14.5. The Kier molecular flexibility index (Phi) is 4.60. The van der Waals surface area contributed by atoms with Gasteiger partial charge in [0, 0.05) is 10.5 Å². The van der Waals surface area contributed by atoms with Crippen LogP contribution in [0, 0.1) is 23.1 Å². The van der Waals surface area contributed by atoms with Crippen LogP contribution in [0.3, 0.4) is 0 Å². The van der Waals surface area contributed by atoms with Crippen LogP contribution in [0.25, 0.3) is 0 Å². The Labute approximate surface area is 115 Å². The van der Waals surface area contributed by atoms with Crippen LogP contribution in [-0.2, 0) is 0 Å². The summed E-state index contributed by atoms with van der Waals surface area (Å²) in [5, 5.41) is 12.4. The topological polar surface area (TPSA) is 35.8 Å². The van der Waals surface area contributed by atoms with E-state index in [1.54, 1.807) is 12.1 Å². The second-order valence-electron chi connectivity index (χ2n) is 4.75. The van der Waals surface area contributed by atoms with E-state index in [9.17, 15) is 9.65 Å². The Balaban J connectivity index is 2.15. The fourth-order valence-corrected chi connectivity index (χ4v) is 2.80. The van der Waals surface area contributed by atoms with Gasteiger partial charge in [0.1, 0.15) is 5.82 Å². The van der Waals surface area contributed by atoms with Crippen LogP contribution in [-0.4, -0.2) is 6.04 Å². The summed E-state index contributed by atoms with van der Waals surface area (Å²) in [5.74, 6) is -0.287. The molecule has 96 valence electrons. The second kappa shape index (κ2) is 6.19. The van der Waals surface area contributed by atoms with Gasteiger partial charge in [-0.25, -0.2) is 4.39 Å². The Bertz CT molecular complexity index is 456. The molecule has 18 heavy (non-hydrogen) atoms. The molecule has 0 spiro atoms. The minimum absolute atomic E-state index is 0.0223. The molecule has 1 saturated carbocycles. The van der Waals surface area contributed by atoms with Crippen molar-refractivity contribution in [1.29, 1.82) is 5.26 Å². The molecule has 1 aliphatic rings. The van der Waals surface area contributed by atoms with Gasteiger partial charge in [-0.3, -0.25) is 0 Å².